The molecule has 0 saturated heterocycles. The van der Waals surface area contributed by atoms with Crippen LogP contribution >= 0.6 is 0 Å². The molecule has 0 bridgehead atoms. The Labute approximate surface area is 79.7 Å². The molecule has 0 atom stereocenters. The maximum atomic E-state index is 11.6. The minimum Gasteiger partial charge on any atom is -0.395 e. The van der Waals surface area contributed by atoms with Gasteiger partial charge in [-0.05, 0) is 18.8 Å². The minimum atomic E-state index is 0.0837. The van der Waals surface area contributed by atoms with Gasteiger partial charge in [-0.15, -0.1) is 0 Å². The van der Waals surface area contributed by atoms with Crippen molar-refractivity contribution < 1.29 is 9.90 Å². The number of nitrogens with zero attached hydrogens (tertiary/aromatic N) is 1. The minimum absolute atomic E-state index is 0.0837. The summed E-state index contributed by atoms with van der Waals surface area (Å²) in [4.78, 5) is 13.5. The average molecular weight is 185 g/mol. The predicted molar refractivity (Wildman–Crippen MR) is 51.3 cm³/mol. The molecule has 1 saturated carbocycles. The summed E-state index contributed by atoms with van der Waals surface area (Å²) in [6, 6.07) is 0.429. The van der Waals surface area contributed by atoms with Gasteiger partial charge in [-0.3, -0.25) is 4.79 Å². The molecule has 1 N–H and O–H groups in total. The Morgan fingerprint density at radius 1 is 1.54 bits per heavy atom. The molecule has 0 unspecified atom stereocenters. The zero-order valence-electron chi connectivity index (χ0n) is 8.49. The van der Waals surface area contributed by atoms with Gasteiger partial charge in [0, 0.05) is 19.0 Å². The Hall–Kier alpha value is -0.570. The van der Waals surface area contributed by atoms with Gasteiger partial charge in [0.25, 0.3) is 0 Å². The molecule has 0 aromatic heterocycles. The molecule has 3 nitrogen and oxygen atoms in total. The second-order valence-corrected chi connectivity index (χ2v) is 4.14. The lowest BCUT2D eigenvalue weighted by molar-refractivity contribution is -0.133. The summed E-state index contributed by atoms with van der Waals surface area (Å²) in [7, 11) is 0. The highest BCUT2D eigenvalue weighted by molar-refractivity contribution is 5.77. The molecule has 1 aliphatic carbocycles. The molecule has 1 amide bonds. The van der Waals surface area contributed by atoms with Crippen molar-refractivity contribution in [3.05, 3.63) is 0 Å². The van der Waals surface area contributed by atoms with Crippen LogP contribution in [-0.2, 0) is 4.79 Å². The summed E-state index contributed by atoms with van der Waals surface area (Å²) in [5.74, 6) is 0.610. The zero-order valence-corrected chi connectivity index (χ0v) is 8.49. The van der Waals surface area contributed by atoms with Crippen LogP contribution in [0.4, 0.5) is 0 Å². The first kappa shape index (κ1) is 10.5. The van der Waals surface area contributed by atoms with E-state index >= 15 is 0 Å². The van der Waals surface area contributed by atoms with E-state index in [9.17, 15) is 4.79 Å². The Morgan fingerprint density at radius 3 is 2.54 bits per heavy atom. The van der Waals surface area contributed by atoms with E-state index in [-0.39, 0.29) is 12.5 Å². The van der Waals surface area contributed by atoms with Crippen LogP contribution in [0.1, 0.15) is 33.1 Å². The molecule has 0 radical (unpaired) electrons. The van der Waals surface area contributed by atoms with Crippen LogP contribution in [0.3, 0.4) is 0 Å². The van der Waals surface area contributed by atoms with Gasteiger partial charge >= 0.3 is 0 Å². The Balaban J connectivity index is 2.38. The molecule has 1 rings (SSSR count). The van der Waals surface area contributed by atoms with Crippen LogP contribution in [0.5, 0.6) is 0 Å². The van der Waals surface area contributed by atoms with Crippen LogP contribution in [-0.4, -0.2) is 35.1 Å². The van der Waals surface area contributed by atoms with E-state index in [1.54, 1.807) is 0 Å². The molecule has 1 fully saturated rings. The third kappa shape index (κ3) is 3.35. The van der Waals surface area contributed by atoms with Crippen LogP contribution in [0, 0.1) is 5.92 Å². The summed E-state index contributed by atoms with van der Waals surface area (Å²) in [6.45, 7) is 4.68. The number of carbonyl (C=O) groups is 1. The van der Waals surface area contributed by atoms with E-state index in [1.807, 2.05) is 18.7 Å². The van der Waals surface area contributed by atoms with Crippen LogP contribution in [0.25, 0.3) is 0 Å². The highest BCUT2D eigenvalue weighted by Crippen LogP contribution is 2.27. The number of hydrogen-bond acceptors (Lipinski definition) is 2. The fourth-order valence-corrected chi connectivity index (χ4v) is 1.47. The van der Waals surface area contributed by atoms with Gasteiger partial charge in [-0.1, -0.05) is 13.8 Å². The van der Waals surface area contributed by atoms with E-state index in [4.69, 9.17) is 5.11 Å². The normalized spacial score (nSPS) is 16.3. The second-order valence-electron chi connectivity index (χ2n) is 4.14. The second kappa shape index (κ2) is 4.61. The molecule has 0 aliphatic heterocycles. The van der Waals surface area contributed by atoms with Gasteiger partial charge in [0.2, 0.25) is 5.91 Å². The van der Waals surface area contributed by atoms with E-state index in [1.165, 1.54) is 0 Å². The van der Waals surface area contributed by atoms with Gasteiger partial charge < -0.3 is 10.0 Å². The average Bonchev–Trinajstić information content (AvgIpc) is 2.81. The van der Waals surface area contributed by atoms with E-state index < -0.39 is 0 Å². The molecule has 76 valence electrons. The third-order valence-electron chi connectivity index (χ3n) is 2.23. The number of hydrogen-bond donors (Lipinski definition) is 1. The third-order valence-corrected chi connectivity index (χ3v) is 2.23. The molecule has 0 aromatic carbocycles. The quantitative estimate of drug-likeness (QED) is 0.694. The first-order valence-electron chi connectivity index (χ1n) is 5.05. The molecular formula is C10H19NO2. The summed E-state index contributed by atoms with van der Waals surface area (Å²) in [5, 5.41) is 8.80. The number of aliphatic hydroxyl groups excluding tert-OH is 1. The van der Waals surface area contributed by atoms with Crippen molar-refractivity contribution in [3.63, 3.8) is 0 Å². The summed E-state index contributed by atoms with van der Waals surface area (Å²) in [6.07, 6.45) is 2.84. The van der Waals surface area contributed by atoms with Crippen LogP contribution in [0.15, 0.2) is 0 Å². The highest BCUT2D eigenvalue weighted by Gasteiger charge is 2.31. The molecule has 1 aliphatic rings. The van der Waals surface area contributed by atoms with Gasteiger partial charge in [0.15, 0.2) is 0 Å². The number of amides is 1. The maximum absolute atomic E-state index is 11.6. The Morgan fingerprint density at radius 2 is 2.15 bits per heavy atom. The molecular weight excluding hydrogens is 166 g/mol. The maximum Gasteiger partial charge on any atom is 0.223 e. The molecule has 0 spiro atoms. The van der Waals surface area contributed by atoms with Crippen molar-refractivity contribution in [3.8, 4) is 0 Å². The number of carbonyl (C=O) groups excluding carboxylic acids is 1. The predicted octanol–water partition coefficient (Wildman–Crippen LogP) is 1.02. The number of rotatable bonds is 5. The smallest absolute Gasteiger partial charge is 0.223 e. The standard InChI is InChI=1S/C10H19NO2/c1-8(2)7-10(13)11(5-6-12)9-3-4-9/h8-9,12H,3-7H2,1-2H3. The van der Waals surface area contributed by atoms with Crippen molar-refractivity contribution in [1.29, 1.82) is 0 Å². The van der Waals surface area contributed by atoms with Crippen molar-refractivity contribution >= 4 is 5.91 Å². The Bertz CT molecular complexity index is 176. The lowest BCUT2D eigenvalue weighted by Crippen LogP contribution is -2.36. The Kier molecular flexibility index (Phi) is 3.72. The molecule has 0 heterocycles. The van der Waals surface area contributed by atoms with Crippen LogP contribution < -0.4 is 0 Å². The molecule has 3 heteroatoms. The monoisotopic (exact) mass is 185 g/mol. The molecule has 13 heavy (non-hydrogen) atoms. The van der Waals surface area contributed by atoms with Crippen molar-refractivity contribution in [2.24, 2.45) is 5.92 Å². The van der Waals surface area contributed by atoms with Crippen LogP contribution in [0.2, 0.25) is 0 Å². The summed E-state index contributed by atoms with van der Waals surface area (Å²) >= 11 is 0. The lowest BCUT2D eigenvalue weighted by Gasteiger charge is -2.22. The van der Waals surface area contributed by atoms with Crippen molar-refractivity contribution in [2.45, 2.75) is 39.2 Å². The first-order chi connectivity index (χ1) is 6.15. The summed E-state index contributed by atoms with van der Waals surface area (Å²) in [5.41, 5.74) is 0. The lowest BCUT2D eigenvalue weighted by atomic mass is 10.1. The van der Waals surface area contributed by atoms with Gasteiger partial charge in [0.05, 0.1) is 6.61 Å². The van der Waals surface area contributed by atoms with Gasteiger partial charge in [0.1, 0.15) is 0 Å². The zero-order chi connectivity index (χ0) is 9.84. The van der Waals surface area contributed by atoms with Crippen molar-refractivity contribution in [2.75, 3.05) is 13.2 Å². The van der Waals surface area contributed by atoms with E-state index in [0.29, 0.717) is 24.9 Å². The highest BCUT2D eigenvalue weighted by atomic mass is 16.3. The fraction of sp³-hybridized carbons (Fsp3) is 0.900. The largest absolute Gasteiger partial charge is 0.395 e. The van der Waals surface area contributed by atoms with Gasteiger partial charge in [-0.25, -0.2) is 0 Å². The van der Waals surface area contributed by atoms with Gasteiger partial charge in [-0.2, -0.15) is 0 Å². The first-order valence-corrected chi connectivity index (χ1v) is 5.05. The molecule has 0 aromatic rings. The number of aliphatic hydroxyl groups is 1. The fourth-order valence-electron chi connectivity index (χ4n) is 1.47. The topological polar surface area (TPSA) is 40.5 Å². The van der Waals surface area contributed by atoms with E-state index in [0.717, 1.165) is 12.8 Å². The SMILES string of the molecule is CC(C)CC(=O)N(CCO)C1CC1. The van der Waals surface area contributed by atoms with Crippen molar-refractivity contribution in [1.82, 2.24) is 4.90 Å². The summed E-state index contributed by atoms with van der Waals surface area (Å²) < 4.78 is 0. The van der Waals surface area contributed by atoms with E-state index in [2.05, 4.69) is 0 Å².